The average Bonchev–Trinajstić information content (AvgIpc) is 3.30. The second-order valence-electron chi connectivity index (χ2n) is 9.75. The van der Waals surface area contributed by atoms with Crippen molar-refractivity contribution in [2.24, 2.45) is 0 Å². The zero-order chi connectivity index (χ0) is 23.1. The zero-order valence-electron chi connectivity index (χ0n) is 19.5. The first kappa shape index (κ1) is 22.2. The molecule has 1 amide bonds. The predicted octanol–water partition coefficient (Wildman–Crippen LogP) is 3.13. The fourth-order valence-corrected chi connectivity index (χ4v) is 5.34. The number of likely N-dealkylation sites (N-methyl/N-ethyl adjacent to an activating group) is 1. The maximum Gasteiger partial charge on any atom is 0.258 e. The molecule has 1 N–H and O–H groups in total. The van der Waals surface area contributed by atoms with Crippen LogP contribution in [0.3, 0.4) is 0 Å². The Bertz CT molecular complexity index is 1030. The molecule has 33 heavy (non-hydrogen) atoms. The van der Waals surface area contributed by atoms with E-state index in [0.29, 0.717) is 29.5 Å². The Kier molecular flexibility index (Phi) is 6.01. The van der Waals surface area contributed by atoms with Gasteiger partial charge in [-0.15, -0.1) is 0 Å². The zero-order valence-corrected chi connectivity index (χ0v) is 19.5. The number of amides is 1. The third-order valence-corrected chi connectivity index (χ3v) is 7.48. The molecule has 6 nitrogen and oxygen atoms in total. The molecule has 0 radical (unpaired) electrons. The van der Waals surface area contributed by atoms with Gasteiger partial charge in [0.15, 0.2) is 0 Å². The molecule has 0 unspecified atom stereocenters. The molecule has 176 valence electrons. The van der Waals surface area contributed by atoms with Crippen LogP contribution in [0.5, 0.6) is 0 Å². The summed E-state index contributed by atoms with van der Waals surface area (Å²) in [5.41, 5.74) is 4.08. The lowest BCUT2D eigenvalue weighted by atomic mass is 9.96. The Morgan fingerprint density at radius 1 is 0.939 bits per heavy atom. The van der Waals surface area contributed by atoms with E-state index in [1.54, 1.807) is 4.90 Å². The van der Waals surface area contributed by atoms with Crippen molar-refractivity contribution in [1.82, 2.24) is 4.90 Å². The van der Waals surface area contributed by atoms with E-state index in [1.807, 2.05) is 24.3 Å². The molecule has 0 bridgehead atoms. The van der Waals surface area contributed by atoms with Gasteiger partial charge in [-0.3, -0.25) is 4.79 Å². The number of piperidine rings is 1. The Labute approximate surface area is 195 Å². The van der Waals surface area contributed by atoms with Crippen LogP contribution in [-0.2, 0) is 6.42 Å². The van der Waals surface area contributed by atoms with Gasteiger partial charge in [0, 0.05) is 55.7 Å². The van der Waals surface area contributed by atoms with Crippen LogP contribution in [0.4, 0.5) is 21.5 Å². The first-order valence-electron chi connectivity index (χ1n) is 12.0. The number of anilines is 3. The van der Waals surface area contributed by atoms with Crippen molar-refractivity contribution < 1.29 is 14.3 Å². The minimum Gasteiger partial charge on any atom is -0.393 e. The van der Waals surface area contributed by atoms with Crippen LogP contribution in [-0.4, -0.2) is 74.9 Å². The number of benzene rings is 2. The van der Waals surface area contributed by atoms with Gasteiger partial charge in [0.1, 0.15) is 5.82 Å². The van der Waals surface area contributed by atoms with Gasteiger partial charge in [-0.2, -0.15) is 0 Å². The highest BCUT2D eigenvalue weighted by molar-refractivity contribution is 6.08. The lowest BCUT2D eigenvalue weighted by Crippen LogP contribution is -2.38. The Morgan fingerprint density at radius 2 is 1.67 bits per heavy atom. The van der Waals surface area contributed by atoms with Crippen LogP contribution in [0.1, 0.15) is 35.2 Å². The molecule has 2 fully saturated rings. The molecule has 0 aliphatic carbocycles. The van der Waals surface area contributed by atoms with Gasteiger partial charge in [-0.25, -0.2) is 4.39 Å². The van der Waals surface area contributed by atoms with Crippen molar-refractivity contribution >= 4 is 23.0 Å². The highest BCUT2D eigenvalue weighted by Gasteiger charge is 2.29. The third-order valence-electron chi connectivity index (χ3n) is 7.48. The number of carbonyl (C=O) groups is 1. The van der Waals surface area contributed by atoms with Gasteiger partial charge in [0.25, 0.3) is 5.91 Å². The number of hydrogen-bond donors (Lipinski definition) is 1. The minimum atomic E-state index is -0.270. The van der Waals surface area contributed by atoms with Gasteiger partial charge >= 0.3 is 0 Å². The Morgan fingerprint density at radius 3 is 2.36 bits per heavy atom. The van der Waals surface area contributed by atoms with E-state index in [4.69, 9.17) is 0 Å². The standard InChI is InChI=1S/C26H33FN4O2/c1-28(2)21-8-11-30(17-21)25-6-4-20(16-24(25)27)31-14-7-18-15-19(3-5-23(18)26(31)33)29-12-9-22(32)10-13-29/h3-6,15-16,21-22,32H,7-14,17H2,1-2H3/t21-/m1/s1. The number of rotatable bonds is 4. The van der Waals surface area contributed by atoms with Gasteiger partial charge in [0.05, 0.1) is 11.8 Å². The molecule has 2 aromatic rings. The van der Waals surface area contributed by atoms with Gasteiger partial charge < -0.3 is 24.7 Å². The number of hydrogen-bond acceptors (Lipinski definition) is 5. The van der Waals surface area contributed by atoms with Crippen molar-refractivity contribution in [3.05, 3.63) is 53.3 Å². The van der Waals surface area contributed by atoms with E-state index < -0.39 is 0 Å². The van der Waals surface area contributed by atoms with Gasteiger partial charge in [-0.05, 0) is 81.7 Å². The molecule has 3 heterocycles. The summed E-state index contributed by atoms with van der Waals surface area (Å²) in [6.07, 6.45) is 3.11. The molecular formula is C26H33FN4O2. The summed E-state index contributed by atoms with van der Waals surface area (Å²) in [5.74, 6) is -0.342. The van der Waals surface area contributed by atoms with Crippen molar-refractivity contribution in [1.29, 1.82) is 0 Å². The van der Waals surface area contributed by atoms with Gasteiger partial charge in [0.2, 0.25) is 0 Å². The summed E-state index contributed by atoms with van der Waals surface area (Å²) in [6.45, 7) is 3.86. The number of fused-ring (bicyclic) bond motifs is 1. The summed E-state index contributed by atoms with van der Waals surface area (Å²) in [7, 11) is 4.13. The number of carbonyl (C=O) groups excluding carboxylic acids is 1. The van der Waals surface area contributed by atoms with Gasteiger partial charge in [-0.1, -0.05) is 0 Å². The van der Waals surface area contributed by atoms with Crippen molar-refractivity contribution in [3.8, 4) is 0 Å². The first-order valence-corrected chi connectivity index (χ1v) is 12.0. The molecular weight excluding hydrogens is 419 g/mol. The van der Waals surface area contributed by atoms with Crippen LogP contribution in [0.2, 0.25) is 0 Å². The summed E-state index contributed by atoms with van der Waals surface area (Å²) in [4.78, 5) is 21.5. The van der Waals surface area contributed by atoms with E-state index in [0.717, 1.165) is 63.1 Å². The topological polar surface area (TPSA) is 50.3 Å². The highest BCUT2D eigenvalue weighted by Crippen LogP contribution is 2.32. The number of halogens is 1. The molecule has 2 aromatic carbocycles. The van der Waals surface area contributed by atoms with E-state index in [2.05, 4.69) is 34.9 Å². The van der Waals surface area contributed by atoms with Crippen LogP contribution in [0.15, 0.2) is 36.4 Å². The maximum absolute atomic E-state index is 15.1. The maximum atomic E-state index is 15.1. The molecule has 0 saturated carbocycles. The van der Waals surface area contributed by atoms with Crippen LogP contribution < -0.4 is 14.7 Å². The fraction of sp³-hybridized carbons (Fsp3) is 0.500. The quantitative estimate of drug-likeness (QED) is 0.773. The third kappa shape index (κ3) is 4.32. The number of nitrogens with zero attached hydrogens (tertiary/aromatic N) is 4. The Hall–Kier alpha value is -2.64. The SMILES string of the molecule is CN(C)[C@@H]1CCN(c2ccc(N3CCc4cc(N5CCC(O)CC5)ccc4C3=O)cc2F)C1. The highest BCUT2D eigenvalue weighted by atomic mass is 19.1. The molecule has 7 heteroatoms. The van der Waals surface area contributed by atoms with Crippen LogP contribution in [0.25, 0.3) is 0 Å². The second kappa shape index (κ2) is 8.95. The minimum absolute atomic E-state index is 0.0714. The van der Waals surface area contributed by atoms with E-state index in [9.17, 15) is 9.90 Å². The van der Waals surface area contributed by atoms with Crippen LogP contribution >= 0.6 is 0 Å². The molecule has 1 atom stereocenters. The first-order chi connectivity index (χ1) is 15.9. The number of aliphatic hydroxyl groups excluding tert-OH is 1. The summed E-state index contributed by atoms with van der Waals surface area (Å²) >= 11 is 0. The van der Waals surface area contributed by atoms with Crippen molar-refractivity contribution in [2.75, 3.05) is 61.5 Å². The summed E-state index contributed by atoms with van der Waals surface area (Å²) in [5, 5.41) is 9.76. The van der Waals surface area contributed by atoms with Crippen LogP contribution in [0, 0.1) is 5.82 Å². The summed E-state index contributed by atoms with van der Waals surface area (Å²) in [6, 6.07) is 11.6. The molecule has 0 aromatic heterocycles. The molecule has 3 aliphatic heterocycles. The monoisotopic (exact) mass is 452 g/mol. The van der Waals surface area contributed by atoms with Crippen molar-refractivity contribution in [3.63, 3.8) is 0 Å². The largest absolute Gasteiger partial charge is 0.393 e. The van der Waals surface area contributed by atoms with E-state index in [-0.39, 0.29) is 17.8 Å². The van der Waals surface area contributed by atoms with E-state index >= 15 is 4.39 Å². The number of aliphatic hydroxyl groups is 1. The smallest absolute Gasteiger partial charge is 0.258 e. The molecule has 3 aliphatic rings. The van der Waals surface area contributed by atoms with E-state index in [1.165, 1.54) is 6.07 Å². The summed E-state index contributed by atoms with van der Waals surface area (Å²) < 4.78 is 15.1. The lowest BCUT2D eigenvalue weighted by Gasteiger charge is -2.33. The molecule has 0 spiro atoms. The Balaban J connectivity index is 1.32. The normalized spacial score (nSPS) is 21.8. The molecule has 2 saturated heterocycles. The fourth-order valence-electron chi connectivity index (χ4n) is 5.34. The van der Waals surface area contributed by atoms with Crippen molar-refractivity contribution in [2.45, 2.75) is 37.8 Å². The second-order valence-corrected chi connectivity index (χ2v) is 9.75. The average molecular weight is 453 g/mol. The lowest BCUT2D eigenvalue weighted by molar-refractivity contribution is 0.0980. The predicted molar refractivity (Wildman–Crippen MR) is 130 cm³/mol. The molecule has 5 rings (SSSR count).